The monoisotopic (exact) mass is 344 g/mol. The van der Waals surface area contributed by atoms with Gasteiger partial charge < -0.3 is 10.6 Å². The van der Waals surface area contributed by atoms with Crippen molar-refractivity contribution in [1.29, 1.82) is 0 Å². The zero-order valence-electron chi connectivity index (χ0n) is 13.2. The molecule has 2 unspecified atom stereocenters. The molecule has 0 radical (unpaired) electrons. The summed E-state index contributed by atoms with van der Waals surface area (Å²) in [5.74, 6) is 1.10. The van der Waals surface area contributed by atoms with Crippen LogP contribution in [0.4, 0.5) is 0 Å². The second kappa shape index (κ2) is 7.70. The minimum atomic E-state index is 0. The fourth-order valence-corrected chi connectivity index (χ4v) is 4.21. The van der Waals surface area contributed by atoms with Gasteiger partial charge in [-0.25, -0.2) is 0 Å². The molecule has 0 spiro atoms. The van der Waals surface area contributed by atoms with Crippen LogP contribution in [0.1, 0.15) is 61.9 Å². The van der Waals surface area contributed by atoms with Crippen LogP contribution in [-0.2, 0) is 11.3 Å². The Morgan fingerprint density at radius 3 is 2.59 bits per heavy atom. The van der Waals surface area contributed by atoms with Crippen LogP contribution in [0, 0.1) is 5.92 Å². The number of nitrogens with zero attached hydrogens (tertiary/aromatic N) is 2. The highest BCUT2D eigenvalue weighted by molar-refractivity contribution is 7.11. The van der Waals surface area contributed by atoms with Crippen LogP contribution >= 0.6 is 23.7 Å². The summed E-state index contributed by atoms with van der Waals surface area (Å²) < 4.78 is 0. The highest BCUT2D eigenvalue weighted by atomic mass is 35.5. The molecule has 2 bridgehead atoms. The summed E-state index contributed by atoms with van der Waals surface area (Å²) in [6.45, 7) is 4.73. The first kappa shape index (κ1) is 17.6. The zero-order valence-corrected chi connectivity index (χ0v) is 14.8. The summed E-state index contributed by atoms with van der Waals surface area (Å²) in [6, 6.07) is 1.30. The molecule has 3 heterocycles. The Kier molecular flexibility index (Phi) is 6.17. The Balaban J connectivity index is 0.00000176. The van der Waals surface area contributed by atoms with Crippen LogP contribution in [0.5, 0.6) is 0 Å². The first-order valence-electron chi connectivity index (χ1n) is 7.95. The van der Waals surface area contributed by atoms with E-state index >= 15 is 0 Å². The molecule has 2 N–H and O–H groups in total. The SMILES string of the molecule is CC(C)c1nnc(CNC(=O)CC2CC3CCC(C2)N3)s1.Cl. The number of carbonyl (C=O) groups is 1. The molecule has 2 fully saturated rings. The molecule has 7 heteroatoms. The molecule has 2 atom stereocenters. The number of hydrogen-bond acceptors (Lipinski definition) is 5. The fourth-order valence-electron chi connectivity index (χ4n) is 3.42. The van der Waals surface area contributed by atoms with Crippen molar-refractivity contribution >= 4 is 29.7 Å². The lowest BCUT2D eigenvalue weighted by atomic mass is 9.89. The molecule has 1 amide bonds. The van der Waals surface area contributed by atoms with Gasteiger partial charge in [0, 0.05) is 24.4 Å². The van der Waals surface area contributed by atoms with Crippen LogP contribution in [0.2, 0.25) is 0 Å². The maximum Gasteiger partial charge on any atom is 0.220 e. The first-order valence-corrected chi connectivity index (χ1v) is 8.77. The van der Waals surface area contributed by atoms with Crippen LogP contribution in [-0.4, -0.2) is 28.2 Å². The normalized spacial score (nSPS) is 26.8. The number of piperidine rings is 1. The van der Waals surface area contributed by atoms with Gasteiger partial charge >= 0.3 is 0 Å². The van der Waals surface area contributed by atoms with E-state index in [2.05, 4.69) is 34.7 Å². The molecular formula is C15H25ClN4OS. The summed E-state index contributed by atoms with van der Waals surface area (Å²) in [5.41, 5.74) is 0. The van der Waals surface area contributed by atoms with Crippen molar-refractivity contribution in [2.45, 2.75) is 70.5 Å². The van der Waals surface area contributed by atoms with Gasteiger partial charge in [0.25, 0.3) is 0 Å². The average Bonchev–Trinajstić information content (AvgIpc) is 3.03. The highest BCUT2D eigenvalue weighted by Gasteiger charge is 2.34. The number of aromatic nitrogens is 2. The summed E-state index contributed by atoms with van der Waals surface area (Å²) >= 11 is 1.59. The quantitative estimate of drug-likeness (QED) is 0.861. The van der Waals surface area contributed by atoms with Crippen molar-refractivity contribution in [2.75, 3.05) is 0 Å². The smallest absolute Gasteiger partial charge is 0.220 e. The minimum Gasteiger partial charge on any atom is -0.350 e. The largest absolute Gasteiger partial charge is 0.350 e. The molecule has 2 aliphatic heterocycles. The second-order valence-corrected chi connectivity index (χ2v) is 7.74. The van der Waals surface area contributed by atoms with Gasteiger partial charge in [-0.05, 0) is 31.6 Å². The Morgan fingerprint density at radius 1 is 1.32 bits per heavy atom. The van der Waals surface area contributed by atoms with Crippen LogP contribution in [0.15, 0.2) is 0 Å². The van der Waals surface area contributed by atoms with Crippen molar-refractivity contribution in [2.24, 2.45) is 5.92 Å². The molecule has 124 valence electrons. The van der Waals surface area contributed by atoms with Crippen molar-refractivity contribution in [3.8, 4) is 0 Å². The Morgan fingerprint density at radius 2 is 2.00 bits per heavy atom. The number of rotatable bonds is 5. The highest BCUT2D eigenvalue weighted by Crippen LogP contribution is 2.32. The third-order valence-electron chi connectivity index (χ3n) is 4.46. The van der Waals surface area contributed by atoms with Gasteiger partial charge in [-0.2, -0.15) is 0 Å². The molecule has 2 saturated heterocycles. The summed E-state index contributed by atoms with van der Waals surface area (Å²) in [4.78, 5) is 12.1. The van der Waals surface area contributed by atoms with Crippen molar-refractivity contribution in [3.63, 3.8) is 0 Å². The topological polar surface area (TPSA) is 66.9 Å². The Labute approximate surface area is 142 Å². The van der Waals surface area contributed by atoms with E-state index in [-0.39, 0.29) is 18.3 Å². The number of hydrogen-bond donors (Lipinski definition) is 2. The molecule has 3 rings (SSSR count). The van der Waals surface area contributed by atoms with Crippen molar-refractivity contribution < 1.29 is 4.79 Å². The predicted molar refractivity (Wildman–Crippen MR) is 90.4 cm³/mol. The maximum atomic E-state index is 12.1. The number of carbonyl (C=O) groups excluding carboxylic acids is 1. The maximum absolute atomic E-state index is 12.1. The van der Waals surface area contributed by atoms with Gasteiger partial charge in [0.15, 0.2) is 0 Å². The summed E-state index contributed by atoms with van der Waals surface area (Å²) in [6.07, 6.45) is 5.53. The van der Waals surface area contributed by atoms with Gasteiger partial charge in [0.2, 0.25) is 5.91 Å². The van der Waals surface area contributed by atoms with Gasteiger partial charge in [0.1, 0.15) is 10.0 Å². The third kappa shape index (κ3) is 4.40. The zero-order chi connectivity index (χ0) is 14.8. The van der Waals surface area contributed by atoms with E-state index < -0.39 is 0 Å². The van der Waals surface area contributed by atoms with E-state index in [1.165, 1.54) is 12.8 Å². The third-order valence-corrected chi connectivity index (χ3v) is 5.68. The molecule has 1 aromatic heterocycles. The standard InChI is InChI=1S/C15H24N4OS.ClH/c1-9(2)15-19-18-14(21-15)8-16-13(20)7-10-5-11-3-4-12(6-10)17-11;/h9-12,17H,3-8H2,1-2H3,(H,16,20);1H. The minimum absolute atomic E-state index is 0. The van der Waals surface area contributed by atoms with Crippen molar-refractivity contribution in [3.05, 3.63) is 10.0 Å². The predicted octanol–water partition coefficient (Wildman–Crippen LogP) is 2.62. The van der Waals surface area contributed by atoms with E-state index in [1.807, 2.05) is 0 Å². The van der Waals surface area contributed by atoms with E-state index in [1.54, 1.807) is 11.3 Å². The molecule has 0 saturated carbocycles. The lowest BCUT2D eigenvalue weighted by molar-refractivity contribution is -0.122. The number of nitrogens with one attached hydrogen (secondary N) is 2. The van der Waals surface area contributed by atoms with Gasteiger partial charge in [0.05, 0.1) is 6.54 Å². The molecular weight excluding hydrogens is 320 g/mol. The number of amides is 1. The van der Waals surface area contributed by atoms with Gasteiger partial charge in [-0.3, -0.25) is 4.79 Å². The Hall–Kier alpha value is -0.720. The number of halogens is 1. The average molecular weight is 345 g/mol. The molecule has 0 aliphatic carbocycles. The van der Waals surface area contributed by atoms with E-state index in [0.717, 1.165) is 22.9 Å². The molecule has 0 aromatic carbocycles. The lowest BCUT2D eigenvalue weighted by Gasteiger charge is -2.28. The molecule has 1 aromatic rings. The van der Waals surface area contributed by atoms with Crippen LogP contribution in [0.3, 0.4) is 0 Å². The molecule has 5 nitrogen and oxygen atoms in total. The van der Waals surface area contributed by atoms with E-state index in [4.69, 9.17) is 0 Å². The van der Waals surface area contributed by atoms with Gasteiger partial charge in [-0.1, -0.05) is 25.2 Å². The Bertz CT molecular complexity index is 495. The first-order chi connectivity index (χ1) is 10.1. The van der Waals surface area contributed by atoms with E-state index in [9.17, 15) is 4.79 Å². The lowest BCUT2D eigenvalue weighted by Crippen LogP contribution is -2.39. The van der Waals surface area contributed by atoms with Crippen molar-refractivity contribution in [1.82, 2.24) is 20.8 Å². The second-order valence-electron chi connectivity index (χ2n) is 6.64. The summed E-state index contributed by atoms with van der Waals surface area (Å²) in [7, 11) is 0. The van der Waals surface area contributed by atoms with Crippen LogP contribution < -0.4 is 10.6 Å². The molecule has 2 aliphatic rings. The van der Waals surface area contributed by atoms with Crippen LogP contribution in [0.25, 0.3) is 0 Å². The summed E-state index contributed by atoms with van der Waals surface area (Å²) in [5, 5.41) is 16.8. The van der Waals surface area contributed by atoms with Gasteiger partial charge in [-0.15, -0.1) is 22.6 Å². The number of fused-ring (bicyclic) bond motifs is 2. The molecule has 22 heavy (non-hydrogen) atoms. The van der Waals surface area contributed by atoms with E-state index in [0.29, 0.717) is 36.9 Å². The fraction of sp³-hybridized carbons (Fsp3) is 0.800.